The third kappa shape index (κ3) is 5.55. The van der Waals surface area contributed by atoms with E-state index in [2.05, 4.69) is 23.5 Å². The number of ether oxygens (including phenoxy) is 2. The number of carbonyl (C=O) groups is 1. The molecule has 0 spiro atoms. The monoisotopic (exact) mass is 408 g/mol. The molecule has 0 heterocycles. The number of hydrogen-bond donors (Lipinski definition) is 1. The van der Waals surface area contributed by atoms with Gasteiger partial charge in [0.1, 0.15) is 16.5 Å². The Morgan fingerprint density at radius 2 is 1.41 bits per heavy atom. The predicted molar refractivity (Wildman–Crippen MR) is 118 cm³/mol. The van der Waals surface area contributed by atoms with E-state index in [0.717, 1.165) is 15.5 Å². The summed E-state index contributed by atoms with van der Waals surface area (Å²) in [6.45, 7) is 5.53. The quantitative estimate of drug-likeness (QED) is 0.516. The predicted octanol–water partition coefficient (Wildman–Crippen LogP) is 6.14. The Balaban J connectivity index is 1.92. The van der Waals surface area contributed by atoms with Crippen LogP contribution in [0.3, 0.4) is 0 Å². The maximum Gasteiger partial charge on any atom is 0.412 e. The van der Waals surface area contributed by atoms with E-state index < -0.39 is 11.7 Å². The Kier molecular flexibility index (Phi) is 6.49. The Labute approximate surface area is 175 Å². The standard InChI is InChI=1S/C24H25NO3S/c1-24(2,3)28-23(26)25-18-14-16-20(17-15-18)29(19-10-6-5-7-11-19)22-13-9-8-12-21(22)27-4/h5-17H,1-4H3/p+1. The van der Waals surface area contributed by atoms with Crippen LogP contribution in [0.15, 0.2) is 93.5 Å². The highest BCUT2D eigenvalue weighted by molar-refractivity contribution is 7.97. The minimum atomic E-state index is -0.534. The Morgan fingerprint density at radius 1 is 0.828 bits per heavy atom. The molecule has 0 radical (unpaired) electrons. The minimum absolute atomic E-state index is 0.332. The van der Waals surface area contributed by atoms with E-state index in [1.807, 2.05) is 81.4 Å². The lowest BCUT2D eigenvalue weighted by Crippen LogP contribution is -2.27. The van der Waals surface area contributed by atoms with Gasteiger partial charge in [0.2, 0.25) is 4.90 Å². The summed E-state index contributed by atoms with van der Waals surface area (Å²) in [6, 6.07) is 26.3. The molecular formula is C24H26NO3S+. The highest BCUT2D eigenvalue weighted by atomic mass is 32.2. The Bertz CT molecular complexity index is 950. The average molecular weight is 409 g/mol. The number of anilines is 1. The number of amides is 1. The molecule has 0 aliphatic heterocycles. The van der Waals surface area contributed by atoms with Crippen molar-refractivity contribution in [2.75, 3.05) is 12.4 Å². The van der Waals surface area contributed by atoms with Crippen LogP contribution < -0.4 is 10.1 Å². The van der Waals surface area contributed by atoms with E-state index in [1.165, 1.54) is 4.90 Å². The molecule has 1 N–H and O–H groups in total. The lowest BCUT2D eigenvalue weighted by molar-refractivity contribution is 0.0636. The van der Waals surface area contributed by atoms with Crippen molar-refractivity contribution in [1.29, 1.82) is 0 Å². The van der Waals surface area contributed by atoms with Gasteiger partial charge in [-0.15, -0.1) is 0 Å². The number of carbonyl (C=O) groups excluding carboxylic acids is 1. The summed E-state index contributed by atoms with van der Waals surface area (Å²) >= 11 is 0. The number of rotatable bonds is 5. The molecule has 0 saturated heterocycles. The maximum atomic E-state index is 12.0. The van der Waals surface area contributed by atoms with Gasteiger partial charge in [-0.2, -0.15) is 0 Å². The number of nitrogens with one attached hydrogen (secondary N) is 1. The van der Waals surface area contributed by atoms with Gasteiger partial charge >= 0.3 is 6.09 Å². The van der Waals surface area contributed by atoms with Gasteiger partial charge in [-0.1, -0.05) is 30.3 Å². The van der Waals surface area contributed by atoms with Crippen LogP contribution in [0.1, 0.15) is 20.8 Å². The SMILES string of the molecule is COc1ccccc1[S+](c1ccccc1)c1ccc(NC(=O)OC(C)(C)C)cc1. The zero-order valence-electron chi connectivity index (χ0n) is 17.1. The van der Waals surface area contributed by atoms with Gasteiger partial charge in [-0.25, -0.2) is 4.79 Å². The molecule has 29 heavy (non-hydrogen) atoms. The van der Waals surface area contributed by atoms with Crippen LogP contribution in [0.5, 0.6) is 5.75 Å². The third-order valence-corrected chi connectivity index (χ3v) is 6.27. The van der Waals surface area contributed by atoms with Gasteiger partial charge in [0.15, 0.2) is 15.5 Å². The van der Waals surface area contributed by atoms with Crippen molar-refractivity contribution in [2.24, 2.45) is 0 Å². The van der Waals surface area contributed by atoms with Gasteiger partial charge in [-0.05, 0) is 69.3 Å². The van der Waals surface area contributed by atoms with Crippen molar-refractivity contribution in [2.45, 2.75) is 41.1 Å². The molecule has 3 aromatic carbocycles. The molecule has 1 amide bonds. The van der Waals surface area contributed by atoms with E-state index in [-0.39, 0.29) is 10.9 Å². The molecule has 0 aliphatic carbocycles. The Hall–Kier alpha value is -2.92. The highest BCUT2D eigenvalue weighted by Crippen LogP contribution is 2.36. The highest BCUT2D eigenvalue weighted by Gasteiger charge is 2.31. The van der Waals surface area contributed by atoms with Crippen molar-refractivity contribution >= 4 is 22.7 Å². The van der Waals surface area contributed by atoms with Crippen molar-refractivity contribution in [1.82, 2.24) is 0 Å². The molecular weight excluding hydrogens is 382 g/mol. The van der Waals surface area contributed by atoms with Gasteiger partial charge in [-0.3, -0.25) is 5.32 Å². The van der Waals surface area contributed by atoms with Crippen molar-refractivity contribution < 1.29 is 14.3 Å². The zero-order chi connectivity index (χ0) is 20.9. The third-order valence-electron chi connectivity index (χ3n) is 4.00. The first kappa shape index (κ1) is 20.8. The maximum absolute atomic E-state index is 12.0. The largest absolute Gasteiger partial charge is 0.491 e. The summed E-state index contributed by atoms with van der Waals surface area (Å²) < 4.78 is 10.9. The molecule has 3 aromatic rings. The second-order valence-corrected chi connectivity index (χ2v) is 9.42. The lowest BCUT2D eigenvalue weighted by Gasteiger charge is -2.19. The van der Waals surface area contributed by atoms with E-state index >= 15 is 0 Å². The fourth-order valence-corrected chi connectivity index (χ4v) is 5.01. The summed E-state index contributed by atoms with van der Waals surface area (Å²) in [5, 5.41) is 2.78. The summed E-state index contributed by atoms with van der Waals surface area (Å²) in [6.07, 6.45) is -0.461. The number of hydrogen-bond acceptors (Lipinski definition) is 3. The fraction of sp³-hybridized carbons (Fsp3) is 0.208. The lowest BCUT2D eigenvalue weighted by atomic mass is 10.2. The number of para-hydroxylation sites is 1. The summed E-state index contributed by atoms with van der Waals surface area (Å²) in [4.78, 5) is 15.5. The fourth-order valence-electron chi connectivity index (χ4n) is 2.83. The first-order valence-electron chi connectivity index (χ1n) is 9.40. The van der Waals surface area contributed by atoms with Crippen molar-refractivity contribution in [3.8, 4) is 5.75 Å². The number of methoxy groups -OCH3 is 1. The molecule has 3 rings (SSSR count). The van der Waals surface area contributed by atoms with Gasteiger partial charge < -0.3 is 9.47 Å². The smallest absolute Gasteiger partial charge is 0.412 e. The molecule has 1 atom stereocenters. The van der Waals surface area contributed by atoms with Gasteiger partial charge in [0.05, 0.1) is 7.11 Å². The van der Waals surface area contributed by atoms with E-state index in [9.17, 15) is 4.79 Å². The normalized spacial score (nSPS) is 12.1. The van der Waals surface area contributed by atoms with Crippen LogP contribution in [-0.4, -0.2) is 18.8 Å². The molecule has 0 aromatic heterocycles. The van der Waals surface area contributed by atoms with E-state index in [0.29, 0.717) is 5.69 Å². The summed E-state index contributed by atoms with van der Waals surface area (Å²) in [7, 11) is 1.36. The van der Waals surface area contributed by atoms with Crippen LogP contribution >= 0.6 is 0 Å². The van der Waals surface area contributed by atoms with Crippen molar-refractivity contribution in [3.05, 3.63) is 78.9 Å². The van der Waals surface area contributed by atoms with Crippen LogP contribution in [0.25, 0.3) is 0 Å². The topological polar surface area (TPSA) is 47.6 Å². The average Bonchev–Trinajstić information content (AvgIpc) is 2.69. The van der Waals surface area contributed by atoms with Crippen LogP contribution in [0.2, 0.25) is 0 Å². The molecule has 5 heteroatoms. The van der Waals surface area contributed by atoms with Gasteiger partial charge in [0, 0.05) is 5.69 Å². The summed E-state index contributed by atoms with van der Waals surface area (Å²) in [5.41, 5.74) is 0.160. The second kappa shape index (κ2) is 9.05. The molecule has 0 fully saturated rings. The molecule has 4 nitrogen and oxygen atoms in total. The van der Waals surface area contributed by atoms with Crippen LogP contribution in [-0.2, 0) is 15.6 Å². The van der Waals surface area contributed by atoms with Crippen molar-refractivity contribution in [3.63, 3.8) is 0 Å². The zero-order valence-corrected chi connectivity index (χ0v) is 18.0. The molecule has 0 saturated carbocycles. The minimum Gasteiger partial charge on any atom is -0.491 e. The van der Waals surface area contributed by atoms with Crippen LogP contribution in [0.4, 0.5) is 10.5 Å². The molecule has 1 unspecified atom stereocenters. The van der Waals surface area contributed by atoms with E-state index in [1.54, 1.807) is 7.11 Å². The van der Waals surface area contributed by atoms with E-state index in [4.69, 9.17) is 9.47 Å². The van der Waals surface area contributed by atoms with Crippen LogP contribution in [0, 0.1) is 0 Å². The molecule has 0 bridgehead atoms. The Morgan fingerprint density at radius 3 is 2.03 bits per heavy atom. The number of benzene rings is 3. The molecule has 0 aliphatic rings. The first-order valence-corrected chi connectivity index (χ1v) is 10.6. The first-order chi connectivity index (χ1) is 13.9. The second-order valence-electron chi connectivity index (χ2n) is 7.42. The molecule has 150 valence electrons. The van der Waals surface area contributed by atoms with Gasteiger partial charge in [0.25, 0.3) is 0 Å². The summed E-state index contributed by atoms with van der Waals surface area (Å²) in [5.74, 6) is 0.857.